The zero-order valence-corrected chi connectivity index (χ0v) is 7.76. The minimum absolute atomic E-state index is 0.645. The minimum atomic E-state index is -0.645. The number of methoxy groups -OCH3 is 2. The van der Waals surface area contributed by atoms with Crippen LogP contribution in [0.5, 0.6) is 0 Å². The van der Waals surface area contributed by atoms with E-state index in [2.05, 4.69) is 6.58 Å². The maximum Gasteiger partial charge on any atom is 0.226 e. The molecular formula is C8H17NO2. The summed E-state index contributed by atoms with van der Waals surface area (Å²) in [6.07, 6.45) is 1.80. The molecule has 0 aromatic carbocycles. The fraction of sp³-hybridized carbons (Fsp3) is 0.750. The Balaban J connectivity index is 4.10. The van der Waals surface area contributed by atoms with E-state index in [-0.39, 0.29) is 0 Å². The zero-order chi connectivity index (χ0) is 8.91. The van der Waals surface area contributed by atoms with E-state index >= 15 is 0 Å². The Morgan fingerprint density at radius 1 is 1.45 bits per heavy atom. The summed E-state index contributed by atoms with van der Waals surface area (Å²) in [5.41, 5.74) is 0. The number of rotatable bonds is 5. The summed E-state index contributed by atoms with van der Waals surface area (Å²) in [4.78, 5) is 1.92. The van der Waals surface area contributed by atoms with E-state index < -0.39 is 5.91 Å². The highest BCUT2D eigenvalue weighted by molar-refractivity contribution is 4.74. The maximum atomic E-state index is 5.16. The summed E-state index contributed by atoms with van der Waals surface area (Å²) in [5, 5.41) is 0. The molecule has 3 heteroatoms. The summed E-state index contributed by atoms with van der Waals surface area (Å²) in [6.45, 7) is 6.22. The molecule has 0 rings (SSSR count). The second-order valence-corrected chi connectivity index (χ2v) is 2.48. The number of nitrogens with zero attached hydrogens (tertiary/aromatic N) is 1. The van der Waals surface area contributed by atoms with Gasteiger partial charge in [-0.2, -0.15) is 0 Å². The molecule has 0 aromatic heterocycles. The molecule has 11 heavy (non-hydrogen) atoms. The number of likely N-dealkylation sites (N-methyl/N-ethyl adjacent to an activating group) is 1. The molecule has 0 spiro atoms. The average Bonchev–Trinajstić information content (AvgIpc) is 2.03. The minimum Gasteiger partial charge on any atom is -0.341 e. The van der Waals surface area contributed by atoms with Crippen LogP contribution in [-0.2, 0) is 9.47 Å². The van der Waals surface area contributed by atoms with E-state index in [0.717, 1.165) is 6.54 Å². The summed E-state index contributed by atoms with van der Waals surface area (Å²) in [7, 11) is 5.14. The van der Waals surface area contributed by atoms with Crippen LogP contribution >= 0.6 is 0 Å². The Morgan fingerprint density at radius 2 is 1.91 bits per heavy atom. The largest absolute Gasteiger partial charge is 0.341 e. The molecule has 0 N–H and O–H groups in total. The quantitative estimate of drug-likeness (QED) is 0.442. The van der Waals surface area contributed by atoms with Gasteiger partial charge in [-0.05, 0) is 7.05 Å². The van der Waals surface area contributed by atoms with Gasteiger partial charge in [0.15, 0.2) is 0 Å². The van der Waals surface area contributed by atoms with Crippen molar-refractivity contribution in [2.75, 3.05) is 27.8 Å². The predicted octanol–water partition coefficient (Wildman–Crippen LogP) is 1.07. The number of hydrogen-bond acceptors (Lipinski definition) is 3. The summed E-state index contributed by atoms with van der Waals surface area (Å²) < 4.78 is 10.3. The fourth-order valence-corrected chi connectivity index (χ4v) is 0.754. The van der Waals surface area contributed by atoms with Gasteiger partial charge in [-0.1, -0.05) is 6.08 Å². The van der Waals surface area contributed by atoms with Gasteiger partial charge in [0.25, 0.3) is 0 Å². The van der Waals surface area contributed by atoms with Crippen LogP contribution in [0, 0.1) is 0 Å². The first-order valence-electron chi connectivity index (χ1n) is 3.53. The van der Waals surface area contributed by atoms with Crippen LogP contribution in [0.15, 0.2) is 12.7 Å². The van der Waals surface area contributed by atoms with Crippen LogP contribution < -0.4 is 0 Å². The van der Waals surface area contributed by atoms with Crippen molar-refractivity contribution >= 4 is 0 Å². The van der Waals surface area contributed by atoms with Crippen molar-refractivity contribution in [2.24, 2.45) is 0 Å². The third-order valence-corrected chi connectivity index (χ3v) is 1.85. The highest BCUT2D eigenvalue weighted by Gasteiger charge is 2.27. The van der Waals surface area contributed by atoms with Gasteiger partial charge in [0.2, 0.25) is 5.91 Å². The summed E-state index contributed by atoms with van der Waals surface area (Å²) in [5.74, 6) is -0.645. The highest BCUT2D eigenvalue weighted by atomic mass is 16.7. The molecule has 0 amide bonds. The Bertz CT molecular complexity index is 121. The van der Waals surface area contributed by atoms with Crippen molar-refractivity contribution in [3.63, 3.8) is 0 Å². The molecule has 66 valence electrons. The molecular weight excluding hydrogens is 142 g/mol. The van der Waals surface area contributed by atoms with Crippen molar-refractivity contribution in [1.29, 1.82) is 0 Å². The van der Waals surface area contributed by atoms with Gasteiger partial charge in [-0.3, -0.25) is 4.90 Å². The molecule has 0 unspecified atom stereocenters. The normalized spacial score (nSPS) is 12.1. The first-order valence-corrected chi connectivity index (χ1v) is 3.53. The Morgan fingerprint density at radius 3 is 2.18 bits per heavy atom. The van der Waals surface area contributed by atoms with Crippen molar-refractivity contribution in [2.45, 2.75) is 12.8 Å². The fourth-order valence-electron chi connectivity index (χ4n) is 0.754. The van der Waals surface area contributed by atoms with Crippen molar-refractivity contribution < 1.29 is 9.47 Å². The van der Waals surface area contributed by atoms with Crippen molar-refractivity contribution in [1.82, 2.24) is 4.90 Å². The second-order valence-electron chi connectivity index (χ2n) is 2.48. The van der Waals surface area contributed by atoms with Crippen LogP contribution in [0.25, 0.3) is 0 Å². The Kier molecular flexibility index (Phi) is 4.33. The number of ether oxygens (including phenoxy) is 2. The highest BCUT2D eigenvalue weighted by Crippen LogP contribution is 2.13. The topological polar surface area (TPSA) is 21.7 Å². The van der Waals surface area contributed by atoms with Crippen LogP contribution in [-0.4, -0.2) is 38.6 Å². The lowest BCUT2D eigenvalue weighted by atomic mass is 10.4. The van der Waals surface area contributed by atoms with Crippen LogP contribution in [0.4, 0.5) is 0 Å². The lowest BCUT2D eigenvalue weighted by molar-refractivity contribution is -0.274. The molecule has 0 fully saturated rings. The Labute approximate surface area is 68.6 Å². The lowest BCUT2D eigenvalue weighted by Gasteiger charge is -2.34. The van der Waals surface area contributed by atoms with E-state index in [1.54, 1.807) is 20.3 Å². The van der Waals surface area contributed by atoms with Gasteiger partial charge in [0, 0.05) is 27.7 Å². The van der Waals surface area contributed by atoms with Gasteiger partial charge in [0.1, 0.15) is 0 Å². The SMILES string of the molecule is C=CCN(C)C(C)(OC)OC. The van der Waals surface area contributed by atoms with E-state index in [1.807, 2.05) is 18.9 Å². The lowest BCUT2D eigenvalue weighted by Crippen LogP contribution is -2.47. The molecule has 0 aliphatic heterocycles. The van der Waals surface area contributed by atoms with Gasteiger partial charge >= 0.3 is 0 Å². The van der Waals surface area contributed by atoms with Crippen LogP contribution in [0.3, 0.4) is 0 Å². The van der Waals surface area contributed by atoms with Crippen molar-refractivity contribution in [3.05, 3.63) is 12.7 Å². The van der Waals surface area contributed by atoms with Gasteiger partial charge < -0.3 is 9.47 Å². The molecule has 0 aromatic rings. The van der Waals surface area contributed by atoms with Crippen LogP contribution in [0.2, 0.25) is 0 Å². The molecule has 0 bridgehead atoms. The molecule has 0 atom stereocenters. The first-order chi connectivity index (χ1) is 5.10. The molecule has 3 nitrogen and oxygen atoms in total. The molecule has 0 aliphatic carbocycles. The summed E-state index contributed by atoms with van der Waals surface area (Å²) in [6, 6.07) is 0. The standard InChI is InChI=1S/C8H17NO2/c1-6-7-9(3)8(2,10-4)11-5/h6H,1,7H2,2-5H3. The van der Waals surface area contributed by atoms with Gasteiger partial charge in [0.05, 0.1) is 0 Å². The predicted molar refractivity (Wildman–Crippen MR) is 45.3 cm³/mol. The first kappa shape index (κ1) is 10.6. The molecule has 0 heterocycles. The van der Waals surface area contributed by atoms with E-state index in [1.165, 1.54) is 0 Å². The maximum absolute atomic E-state index is 5.16. The molecule has 0 aliphatic rings. The van der Waals surface area contributed by atoms with E-state index in [4.69, 9.17) is 9.47 Å². The van der Waals surface area contributed by atoms with Gasteiger partial charge in [-0.25, -0.2) is 0 Å². The second kappa shape index (κ2) is 4.49. The molecule has 0 saturated carbocycles. The Hall–Kier alpha value is -0.380. The van der Waals surface area contributed by atoms with Crippen LogP contribution in [0.1, 0.15) is 6.92 Å². The summed E-state index contributed by atoms with van der Waals surface area (Å²) >= 11 is 0. The molecule has 0 saturated heterocycles. The zero-order valence-electron chi connectivity index (χ0n) is 7.76. The van der Waals surface area contributed by atoms with Gasteiger partial charge in [-0.15, -0.1) is 6.58 Å². The third-order valence-electron chi connectivity index (χ3n) is 1.85. The van der Waals surface area contributed by atoms with Crippen molar-refractivity contribution in [3.8, 4) is 0 Å². The monoisotopic (exact) mass is 159 g/mol. The van der Waals surface area contributed by atoms with E-state index in [9.17, 15) is 0 Å². The third kappa shape index (κ3) is 2.61. The van der Waals surface area contributed by atoms with E-state index in [0.29, 0.717) is 0 Å². The average molecular weight is 159 g/mol. The number of hydrogen-bond donors (Lipinski definition) is 0. The smallest absolute Gasteiger partial charge is 0.226 e. The molecule has 0 radical (unpaired) electrons.